The quantitative estimate of drug-likeness (QED) is 0.869. The Morgan fingerprint density at radius 1 is 1.23 bits per heavy atom. The zero-order valence-electron chi connectivity index (χ0n) is 13.1. The van der Waals surface area contributed by atoms with Crippen LogP contribution in [0.15, 0.2) is 18.2 Å². The van der Waals surface area contributed by atoms with Gasteiger partial charge in [-0.1, -0.05) is 6.92 Å². The first-order valence-corrected chi connectivity index (χ1v) is 7.63. The van der Waals surface area contributed by atoms with E-state index in [0.717, 1.165) is 44.8 Å². The number of amides is 1. The van der Waals surface area contributed by atoms with Gasteiger partial charge in [-0.15, -0.1) is 0 Å². The van der Waals surface area contributed by atoms with E-state index in [1.54, 1.807) is 12.1 Å². The first-order chi connectivity index (χ1) is 10.5. The molecule has 1 aliphatic rings. The third-order valence-corrected chi connectivity index (χ3v) is 3.81. The highest BCUT2D eigenvalue weighted by Gasteiger charge is 2.20. The summed E-state index contributed by atoms with van der Waals surface area (Å²) >= 11 is 0. The molecule has 1 aromatic carbocycles. The van der Waals surface area contributed by atoms with Crippen molar-refractivity contribution >= 4 is 23.3 Å². The zero-order chi connectivity index (χ0) is 16.1. The maximum Gasteiger partial charge on any atom is 0.335 e. The van der Waals surface area contributed by atoms with Gasteiger partial charge in [0.25, 0.3) is 0 Å². The predicted octanol–water partition coefficient (Wildman–Crippen LogP) is 1.88. The van der Waals surface area contributed by atoms with Crippen LogP contribution in [0, 0.1) is 0 Å². The average Bonchev–Trinajstić information content (AvgIpc) is 2.48. The Balaban J connectivity index is 2.19. The topological polar surface area (TPSA) is 72.9 Å². The summed E-state index contributed by atoms with van der Waals surface area (Å²) in [4.78, 5) is 27.1. The lowest BCUT2D eigenvalue weighted by molar-refractivity contribution is -0.114. The van der Waals surface area contributed by atoms with Crippen LogP contribution in [-0.2, 0) is 4.79 Å². The van der Waals surface area contributed by atoms with Crippen LogP contribution in [0.2, 0.25) is 0 Å². The molecule has 22 heavy (non-hydrogen) atoms. The zero-order valence-corrected chi connectivity index (χ0v) is 13.1. The number of carbonyl (C=O) groups is 2. The molecule has 0 aromatic heterocycles. The molecule has 0 atom stereocenters. The summed E-state index contributed by atoms with van der Waals surface area (Å²) in [5.74, 6) is -1.20. The van der Waals surface area contributed by atoms with E-state index in [1.165, 1.54) is 13.0 Å². The molecule has 0 radical (unpaired) electrons. The minimum absolute atomic E-state index is 0.178. The van der Waals surface area contributed by atoms with Crippen molar-refractivity contribution in [3.63, 3.8) is 0 Å². The van der Waals surface area contributed by atoms with Gasteiger partial charge in [0.05, 0.1) is 16.9 Å². The number of carboxylic acid groups (broad SMARTS) is 1. The summed E-state index contributed by atoms with van der Waals surface area (Å²) in [6.07, 6.45) is 1.14. The number of rotatable bonds is 5. The van der Waals surface area contributed by atoms with Gasteiger partial charge in [0.1, 0.15) is 0 Å². The van der Waals surface area contributed by atoms with Gasteiger partial charge in [-0.25, -0.2) is 4.79 Å². The van der Waals surface area contributed by atoms with Crippen LogP contribution in [-0.4, -0.2) is 54.6 Å². The molecule has 1 heterocycles. The second-order valence-corrected chi connectivity index (χ2v) is 5.55. The molecular weight excluding hydrogens is 282 g/mol. The smallest absolute Gasteiger partial charge is 0.335 e. The van der Waals surface area contributed by atoms with Crippen molar-refractivity contribution in [2.75, 3.05) is 42.9 Å². The molecule has 0 bridgehead atoms. The Labute approximate surface area is 130 Å². The van der Waals surface area contributed by atoms with E-state index >= 15 is 0 Å². The van der Waals surface area contributed by atoms with Crippen LogP contribution >= 0.6 is 0 Å². The summed E-state index contributed by atoms with van der Waals surface area (Å²) < 4.78 is 0. The van der Waals surface area contributed by atoms with Gasteiger partial charge in [0, 0.05) is 33.1 Å². The number of anilines is 2. The molecule has 0 spiro atoms. The van der Waals surface area contributed by atoms with E-state index in [2.05, 4.69) is 22.0 Å². The van der Waals surface area contributed by atoms with Crippen LogP contribution in [0.5, 0.6) is 0 Å². The van der Waals surface area contributed by atoms with Gasteiger partial charge in [0.15, 0.2) is 0 Å². The van der Waals surface area contributed by atoms with Gasteiger partial charge in [-0.05, 0) is 31.2 Å². The molecule has 2 rings (SSSR count). The third-order valence-electron chi connectivity index (χ3n) is 3.81. The fraction of sp³-hybridized carbons (Fsp3) is 0.500. The standard InChI is InChI=1S/C16H23N3O3/c1-3-6-18-7-9-19(10-8-18)15-5-4-13(16(21)22)11-14(15)17-12(2)20/h4-5,11H,3,6-10H2,1-2H3,(H,17,20)(H,21,22). The van der Waals surface area contributed by atoms with Crippen molar-refractivity contribution in [3.8, 4) is 0 Å². The molecule has 1 fully saturated rings. The minimum Gasteiger partial charge on any atom is -0.478 e. The highest BCUT2D eigenvalue weighted by Crippen LogP contribution is 2.28. The number of hydrogen-bond acceptors (Lipinski definition) is 4. The number of aromatic carboxylic acids is 1. The Kier molecular flexibility index (Phi) is 5.38. The highest BCUT2D eigenvalue weighted by molar-refractivity contribution is 5.96. The van der Waals surface area contributed by atoms with Gasteiger partial charge < -0.3 is 15.3 Å². The van der Waals surface area contributed by atoms with Gasteiger partial charge in [0.2, 0.25) is 5.91 Å². The van der Waals surface area contributed by atoms with E-state index in [1.807, 2.05) is 0 Å². The number of piperazine rings is 1. The summed E-state index contributed by atoms with van der Waals surface area (Å²) in [6.45, 7) is 8.41. The van der Waals surface area contributed by atoms with E-state index in [0.29, 0.717) is 5.69 Å². The Morgan fingerprint density at radius 3 is 2.45 bits per heavy atom. The summed E-state index contributed by atoms with van der Waals surface area (Å²) in [5.41, 5.74) is 1.63. The number of nitrogens with one attached hydrogen (secondary N) is 1. The van der Waals surface area contributed by atoms with Gasteiger partial charge in [-0.2, -0.15) is 0 Å². The van der Waals surface area contributed by atoms with E-state index in [-0.39, 0.29) is 11.5 Å². The predicted molar refractivity (Wildman–Crippen MR) is 86.6 cm³/mol. The maximum atomic E-state index is 11.4. The lowest BCUT2D eigenvalue weighted by atomic mass is 10.1. The van der Waals surface area contributed by atoms with Crippen molar-refractivity contribution in [3.05, 3.63) is 23.8 Å². The van der Waals surface area contributed by atoms with E-state index < -0.39 is 5.97 Å². The molecule has 0 unspecified atom stereocenters. The normalized spacial score (nSPS) is 15.6. The molecule has 1 amide bonds. The first-order valence-electron chi connectivity index (χ1n) is 7.63. The molecule has 6 heteroatoms. The van der Waals surface area contributed by atoms with Crippen LogP contribution < -0.4 is 10.2 Å². The van der Waals surface area contributed by atoms with E-state index in [9.17, 15) is 9.59 Å². The molecule has 6 nitrogen and oxygen atoms in total. The summed E-state index contributed by atoms with van der Waals surface area (Å²) in [5, 5.41) is 11.9. The van der Waals surface area contributed by atoms with Crippen LogP contribution in [0.3, 0.4) is 0 Å². The number of hydrogen-bond donors (Lipinski definition) is 2. The molecule has 0 saturated carbocycles. The summed E-state index contributed by atoms with van der Waals surface area (Å²) in [6, 6.07) is 4.89. The number of benzene rings is 1. The van der Waals surface area contributed by atoms with Crippen molar-refractivity contribution in [2.45, 2.75) is 20.3 Å². The van der Waals surface area contributed by atoms with Gasteiger partial charge >= 0.3 is 5.97 Å². The summed E-state index contributed by atoms with van der Waals surface area (Å²) in [7, 11) is 0. The van der Waals surface area contributed by atoms with Crippen molar-refractivity contribution in [1.82, 2.24) is 4.90 Å². The lowest BCUT2D eigenvalue weighted by Gasteiger charge is -2.36. The maximum absolute atomic E-state index is 11.4. The lowest BCUT2D eigenvalue weighted by Crippen LogP contribution is -2.46. The van der Waals surface area contributed by atoms with Crippen molar-refractivity contribution in [2.24, 2.45) is 0 Å². The van der Waals surface area contributed by atoms with Crippen LogP contribution in [0.1, 0.15) is 30.6 Å². The Hall–Kier alpha value is -2.08. The SMILES string of the molecule is CCCN1CCN(c2ccc(C(=O)O)cc2NC(C)=O)CC1. The minimum atomic E-state index is -0.995. The third kappa shape index (κ3) is 3.98. The molecule has 1 saturated heterocycles. The second kappa shape index (κ2) is 7.26. The van der Waals surface area contributed by atoms with Crippen LogP contribution in [0.4, 0.5) is 11.4 Å². The molecular formula is C16H23N3O3. The largest absolute Gasteiger partial charge is 0.478 e. The second-order valence-electron chi connectivity index (χ2n) is 5.55. The average molecular weight is 305 g/mol. The molecule has 1 aromatic rings. The van der Waals surface area contributed by atoms with Crippen molar-refractivity contribution < 1.29 is 14.7 Å². The van der Waals surface area contributed by atoms with Gasteiger partial charge in [-0.3, -0.25) is 9.69 Å². The van der Waals surface area contributed by atoms with E-state index in [4.69, 9.17) is 5.11 Å². The molecule has 2 N–H and O–H groups in total. The molecule has 0 aliphatic carbocycles. The molecule has 120 valence electrons. The number of nitrogens with zero attached hydrogens (tertiary/aromatic N) is 2. The number of carboxylic acids is 1. The Morgan fingerprint density at radius 2 is 1.91 bits per heavy atom. The fourth-order valence-electron chi connectivity index (χ4n) is 2.76. The fourth-order valence-corrected chi connectivity index (χ4v) is 2.76. The highest BCUT2D eigenvalue weighted by atomic mass is 16.4. The monoisotopic (exact) mass is 305 g/mol. The Bertz CT molecular complexity index is 552. The number of carbonyl (C=O) groups excluding carboxylic acids is 1. The van der Waals surface area contributed by atoms with Crippen molar-refractivity contribution in [1.29, 1.82) is 0 Å². The van der Waals surface area contributed by atoms with Crippen LogP contribution in [0.25, 0.3) is 0 Å². The molecule has 1 aliphatic heterocycles. The first kappa shape index (κ1) is 16.3.